The Labute approximate surface area is 126 Å². The molecule has 1 aromatic carbocycles. The van der Waals surface area contributed by atoms with Crippen LogP contribution < -0.4 is 0 Å². The highest BCUT2D eigenvalue weighted by molar-refractivity contribution is 6.21. The normalized spacial score (nSPS) is 14.1. The van der Waals surface area contributed by atoms with Gasteiger partial charge in [0.25, 0.3) is 11.8 Å². The van der Waals surface area contributed by atoms with Gasteiger partial charge in [-0.05, 0) is 24.3 Å². The third kappa shape index (κ3) is 2.45. The van der Waals surface area contributed by atoms with E-state index in [0.717, 1.165) is 6.07 Å². The van der Waals surface area contributed by atoms with E-state index in [0.29, 0.717) is 6.07 Å². The van der Waals surface area contributed by atoms with Gasteiger partial charge in [0.15, 0.2) is 0 Å². The number of hydroxylamine groups is 2. The summed E-state index contributed by atoms with van der Waals surface area (Å²) in [5, 5.41) is 0.183. The lowest BCUT2D eigenvalue weighted by molar-refractivity contribution is -0.153. The number of amides is 2. The van der Waals surface area contributed by atoms with Crippen LogP contribution in [0.4, 0.5) is 13.2 Å². The maximum absolute atomic E-state index is 12.4. The number of carbonyl (C=O) groups is 3. The number of fused-ring (bicyclic) bond motifs is 1. The van der Waals surface area contributed by atoms with E-state index in [9.17, 15) is 27.6 Å². The van der Waals surface area contributed by atoms with E-state index in [1.165, 1.54) is 24.3 Å². The number of benzene rings is 1. The van der Waals surface area contributed by atoms with E-state index in [-0.39, 0.29) is 16.2 Å². The molecule has 1 aliphatic heterocycles. The Balaban J connectivity index is 1.81. The SMILES string of the molecule is O=C(ON1C(=O)c2ccccc2C1=O)c1ccc(C(F)(F)F)o1. The first-order valence-electron chi connectivity index (χ1n) is 6.16. The van der Waals surface area contributed by atoms with Gasteiger partial charge >= 0.3 is 12.1 Å². The smallest absolute Gasteiger partial charge is 0.444 e. The first-order valence-corrected chi connectivity index (χ1v) is 6.16. The molecule has 0 saturated heterocycles. The van der Waals surface area contributed by atoms with Crippen LogP contribution in [0.5, 0.6) is 0 Å². The summed E-state index contributed by atoms with van der Waals surface area (Å²) >= 11 is 0. The zero-order chi connectivity index (χ0) is 16.8. The Morgan fingerprint density at radius 1 is 1.00 bits per heavy atom. The molecule has 0 fully saturated rings. The average Bonchev–Trinajstić information content (AvgIpc) is 3.08. The predicted octanol–water partition coefficient (Wildman–Crippen LogP) is 2.67. The standard InChI is InChI=1S/C14H6F3NO5/c15-14(16,17)10-6-5-9(22-10)13(21)23-18-11(19)7-3-1-2-4-8(7)12(18)20/h1-6H. The molecular formula is C14H6F3NO5. The number of hydrogen-bond acceptors (Lipinski definition) is 5. The van der Waals surface area contributed by atoms with Crippen molar-refractivity contribution >= 4 is 17.8 Å². The molecule has 0 bridgehead atoms. The summed E-state index contributed by atoms with van der Waals surface area (Å²) in [6.07, 6.45) is -4.77. The highest BCUT2D eigenvalue weighted by Gasteiger charge is 2.40. The van der Waals surface area contributed by atoms with E-state index in [4.69, 9.17) is 0 Å². The average molecular weight is 325 g/mol. The fourth-order valence-electron chi connectivity index (χ4n) is 1.98. The second kappa shape index (κ2) is 4.97. The van der Waals surface area contributed by atoms with Gasteiger partial charge in [-0.3, -0.25) is 9.59 Å². The molecule has 118 valence electrons. The molecule has 1 aromatic heterocycles. The fourth-order valence-corrected chi connectivity index (χ4v) is 1.98. The minimum atomic E-state index is -4.77. The van der Waals surface area contributed by atoms with Gasteiger partial charge in [0.05, 0.1) is 11.1 Å². The van der Waals surface area contributed by atoms with Crippen molar-refractivity contribution < 1.29 is 36.8 Å². The molecule has 0 atom stereocenters. The lowest BCUT2D eigenvalue weighted by Crippen LogP contribution is -2.32. The third-order valence-electron chi connectivity index (χ3n) is 3.02. The van der Waals surface area contributed by atoms with Gasteiger partial charge in [-0.2, -0.15) is 13.2 Å². The molecule has 6 nitrogen and oxygen atoms in total. The zero-order valence-corrected chi connectivity index (χ0v) is 11.1. The van der Waals surface area contributed by atoms with E-state index in [1.807, 2.05) is 0 Å². The molecule has 0 unspecified atom stereocenters. The van der Waals surface area contributed by atoms with Gasteiger partial charge in [-0.1, -0.05) is 17.2 Å². The third-order valence-corrected chi connectivity index (χ3v) is 3.02. The van der Waals surface area contributed by atoms with Gasteiger partial charge in [0, 0.05) is 0 Å². The summed E-state index contributed by atoms with van der Waals surface area (Å²) in [7, 11) is 0. The number of hydrogen-bond donors (Lipinski definition) is 0. The molecule has 0 saturated carbocycles. The van der Waals surface area contributed by atoms with Crippen molar-refractivity contribution in [3.63, 3.8) is 0 Å². The monoisotopic (exact) mass is 325 g/mol. The maximum Gasteiger partial charge on any atom is 0.449 e. The molecule has 2 aromatic rings. The molecule has 9 heteroatoms. The van der Waals surface area contributed by atoms with Gasteiger partial charge in [0.1, 0.15) is 0 Å². The van der Waals surface area contributed by atoms with Crippen LogP contribution in [0.15, 0.2) is 40.8 Å². The van der Waals surface area contributed by atoms with E-state index < -0.39 is 35.5 Å². The highest BCUT2D eigenvalue weighted by Crippen LogP contribution is 2.31. The van der Waals surface area contributed by atoms with E-state index in [1.54, 1.807) is 0 Å². The summed E-state index contributed by atoms with van der Waals surface area (Å²) in [4.78, 5) is 40.2. The molecular weight excluding hydrogens is 319 g/mol. The van der Waals surface area contributed by atoms with E-state index >= 15 is 0 Å². The van der Waals surface area contributed by atoms with Gasteiger partial charge < -0.3 is 9.25 Å². The minimum absolute atomic E-state index is 0.0284. The number of alkyl halides is 3. The molecule has 2 amide bonds. The minimum Gasteiger partial charge on any atom is -0.444 e. The Morgan fingerprint density at radius 3 is 2.04 bits per heavy atom. The van der Waals surface area contributed by atoms with Crippen LogP contribution in [0.25, 0.3) is 0 Å². The Kier molecular flexibility index (Phi) is 3.20. The molecule has 1 aliphatic rings. The van der Waals surface area contributed by atoms with Gasteiger partial charge in [-0.25, -0.2) is 4.79 Å². The number of carbonyl (C=O) groups excluding carboxylic acids is 3. The molecule has 0 spiro atoms. The summed E-state index contributed by atoms with van der Waals surface area (Å²) < 4.78 is 41.5. The van der Waals surface area contributed by atoms with Crippen LogP contribution in [0, 0.1) is 0 Å². The topological polar surface area (TPSA) is 76.8 Å². The molecule has 3 rings (SSSR count). The molecule has 23 heavy (non-hydrogen) atoms. The number of furan rings is 1. The van der Waals surface area contributed by atoms with Crippen LogP contribution in [-0.4, -0.2) is 22.8 Å². The Morgan fingerprint density at radius 2 is 1.57 bits per heavy atom. The van der Waals surface area contributed by atoms with Gasteiger partial charge in [0.2, 0.25) is 11.5 Å². The van der Waals surface area contributed by atoms with Crippen molar-refractivity contribution in [2.75, 3.05) is 0 Å². The second-order valence-corrected chi connectivity index (χ2v) is 4.49. The van der Waals surface area contributed by atoms with Crippen molar-refractivity contribution in [1.82, 2.24) is 5.06 Å². The van der Waals surface area contributed by atoms with Crippen LogP contribution >= 0.6 is 0 Å². The quantitative estimate of drug-likeness (QED) is 0.793. The van der Waals surface area contributed by atoms with Crippen LogP contribution in [0.1, 0.15) is 37.0 Å². The predicted molar refractivity (Wildman–Crippen MR) is 66.1 cm³/mol. The van der Waals surface area contributed by atoms with Crippen LogP contribution in [0.3, 0.4) is 0 Å². The Hall–Kier alpha value is -3.10. The first kappa shape index (κ1) is 14.8. The van der Waals surface area contributed by atoms with Crippen molar-refractivity contribution in [2.24, 2.45) is 0 Å². The molecule has 0 radical (unpaired) electrons. The van der Waals surface area contributed by atoms with Crippen molar-refractivity contribution in [2.45, 2.75) is 6.18 Å². The number of imide groups is 1. The van der Waals surface area contributed by atoms with E-state index in [2.05, 4.69) is 9.25 Å². The lowest BCUT2D eigenvalue weighted by Gasteiger charge is -2.11. The maximum atomic E-state index is 12.4. The van der Waals surface area contributed by atoms with Crippen LogP contribution in [0.2, 0.25) is 0 Å². The molecule has 0 N–H and O–H groups in total. The van der Waals surface area contributed by atoms with Crippen molar-refractivity contribution in [3.05, 3.63) is 59.0 Å². The molecule has 2 heterocycles. The number of nitrogens with zero attached hydrogens (tertiary/aromatic N) is 1. The van der Waals surface area contributed by atoms with Crippen molar-refractivity contribution in [3.8, 4) is 0 Å². The fraction of sp³-hybridized carbons (Fsp3) is 0.0714. The summed E-state index contributed by atoms with van der Waals surface area (Å²) in [5.41, 5.74) is 0.0569. The summed E-state index contributed by atoms with van der Waals surface area (Å²) in [5.74, 6) is -5.35. The number of halogens is 3. The largest absolute Gasteiger partial charge is 0.449 e. The van der Waals surface area contributed by atoms with Crippen LogP contribution in [-0.2, 0) is 11.0 Å². The molecule has 0 aliphatic carbocycles. The van der Waals surface area contributed by atoms with Gasteiger partial charge in [-0.15, -0.1) is 0 Å². The second-order valence-electron chi connectivity index (χ2n) is 4.49. The zero-order valence-electron chi connectivity index (χ0n) is 11.1. The van der Waals surface area contributed by atoms with Crippen molar-refractivity contribution in [1.29, 1.82) is 0 Å². The number of rotatable bonds is 2. The lowest BCUT2D eigenvalue weighted by atomic mass is 10.1. The highest BCUT2D eigenvalue weighted by atomic mass is 19.4. The summed E-state index contributed by atoms with van der Waals surface area (Å²) in [6, 6.07) is 7.02. The Bertz CT molecular complexity index is 789. The first-order chi connectivity index (χ1) is 10.8. The summed E-state index contributed by atoms with van der Waals surface area (Å²) in [6.45, 7) is 0.